The van der Waals surface area contributed by atoms with E-state index in [1.54, 1.807) is 67.8 Å². The van der Waals surface area contributed by atoms with Gasteiger partial charge in [-0.3, -0.25) is 34.8 Å². The molecule has 77 heavy (non-hydrogen) atoms. The molecule has 8 aromatic rings. The van der Waals surface area contributed by atoms with E-state index in [9.17, 15) is 19.2 Å². The number of aryl methyl sites for hydroxylation is 6. The number of nitrogens with one attached hydrogen (secondary N) is 3. The molecule has 21 heteroatoms. The molecule has 0 unspecified atom stereocenters. The fourth-order valence-corrected chi connectivity index (χ4v) is 8.34. The molecule has 2 aromatic carbocycles. The molecule has 0 aliphatic rings. The maximum absolute atomic E-state index is 13.0. The third-order valence-electron chi connectivity index (χ3n) is 11.5. The van der Waals surface area contributed by atoms with Crippen LogP contribution in [0.15, 0.2) is 85.5 Å². The molecule has 0 bridgehead atoms. The van der Waals surface area contributed by atoms with Gasteiger partial charge in [-0.2, -0.15) is 10.2 Å². The number of carboxylic acid groups (broad SMARTS) is 1. The van der Waals surface area contributed by atoms with Gasteiger partial charge in [-0.05, 0) is 165 Å². The molecule has 0 radical (unpaired) electrons. The van der Waals surface area contributed by atoms with Crippen molar-refractivity contribution in [2.45, 2.75) is 120 Å². The Labute approximate surface area is 456 Å². The number of hydrogen-bond acceptors (Lipinski definition) is 13. The van der Waals surface area contributed by atoms with Crippen molar-refractivity contribution in [1.29, 1.82) is 0 Å². The van der Waals surface area contributed by atoms with Gasteiger partial charge in [0.25, 0.3) is 5.91 Å². The number of fused-ring (bicyclic) bond motifs is 2. The molecule has 0 saturated heterocycles. The molecule has 0 aliphatic carbocycles. The Bertz CT molecular complexity index is 3440. The van der Waals surface area contributed by atoms with E-state index in [0.29, 0.717) is 70.5 Å². The van der Waals surface area contributed by atoms with Gasteiger partial charge < -0.3 is 25.6 Å². The lowest BCUT2D eigenvalue weighted by Crippen LogP contribution is -2.28. The highest BCUT2D eigenvalue weighted by Crippen LogP contribution is 2.23. The molecule has 0 aliphatic heterocycles. The molecule has 404 valence electrons. The first-order chi connectivity index (χ1) is 36.1. The number of carbonyl (C=O) groups is 4. The van der Waals surface area contributed by atoms with Crippen LogP contribution in [0.1, 0.15) is 118 Å². The summed E-state index contributed by atoms with van der Waals surface area (Å²) in [6.45, 7) is 23.6. The summed E-state index contributed by atoms with van der Waals surface area (Å²) in [6.07, 6.45) is 5.45. The number of aromatic nitrogens is 8. The first kappa shape index (κ1) is 58.3. The van der Waals surface area contributed by atoms with Gasteiger partial charge in [0.05, 0.1) is 51.1 Å². The maximum atomic E-state index is 13.0. The monoisotopic (exact) mass is 1090 g/mol. The van der Waals surface area contributed by atoms with Crippen LogP contribution in [0.5, 0.6) is 0 Å². The number of carbonyl (C=O) groups excluding carboxylic acids is 3. The SMILES string of the molecule is Cc1cc(NC(=O)OC(C)(C)C)nc(C)c1CN.Cc1cc(NC(=O)OC(C)(C)C)nc(C)c1CNC(=O)c1cn(Cc2ccc3ncc(Cl)cc3c2)nc1C.Cc1nn(Cc2ccc3ncc(Cl)cc3c2)cc1C(=O)O. The molecular formula is C56H64Cl2N12O7. The van der Waals surface area contributed by atoms with Crippen LogP contribution in [-0.2, 0) is 35.7 Å². The summed E-state index contributed by atoms with van der Waals surface area (Å²) in [5, 5.41) is 29.1. The number of benzene rings is 2. The van der Waals surface area contributed by atoms with Crippen LogP contribution >= 0.6 is 23.2 Å². The first-order valence-corrected chi connectivity index (χ1v) is 25.2. The van der Waals surface area contributed by atoms with E-state index in [0.717, 1.165) is 60.9 Å². The smallest absolute Gasteiger partial charge is 0.413 e. The number of halogens is 2. The van der Waals surface area contributed by atoms with Crippen LogP contribution in [0.25, 0.3) is 21.8 Å². The molecule has 19 nitrogen and oxygen atoms in total. The van der Waals surface area contributed by atoms with E-state index >= 15 is 0 Å². The first-order valence-electron chi connectivity index (χ1n) is 24.5. The Balaban J connectivity index is 0.000000207. The number of pyridine rings is 4. The minimum Gasteiger partial charge on any atom is -0.478 e. The number of anilines is 2. The van der Waals surface area contributed by atoms with Crippen LogP contribution in [0, 0.1) is 41.5 Å². The largest absolute Gasteiger partial charge is 0.478 e. The quantitative estimate of drug-likeness (QED) is 0.0807. The van der Waals surface area contributed by atoms with Gasteiger partial charge in [0.2, 0.25) is 0 Å². The number of carboxylic acids is 1. The molecule has 0 spiro atoms. The topological polar surface area (TPSA) is 256 Å². The fourth-order valence-electron chi connectivity index (χ4n) is 8.01. The summed E-state index contributed by atoms with van der Waals surface area (Å²) in [5.41, 5.74) is 15.4. The number of hydrogen-bond donors (Lipinski definition) is 5. The van der Waals surface area contributed by atoms with E-state index in [2.05, 4.69) is 46.1 Å². The average Bonchev–Trinajstić information content (AvgIpc) is 3.88. The second-order valence-electron chi connectivity index (χ2n) is 20.2. The van der Waals surface area contributed by atoms with Crippen molar-refractivity contribution in [2.24, 2.45) is 5.73 Å². The third-order valence-corrected chi connectivity index (χ3v) is 11.9. The minimum absolute atomic E-state index is 0.223. The number of amides is 3. The van der Waals surface area contributed by atoms with Crippen molar-refractivity contribution in [1.82, 2.24) is 44.8 Å². The Morgan fingerprint density at radius 2 is 1.04 bits per heavy atom. The van der Waals surface area contributed by atoms with Crippen LogP contribution in [0.4, 0.5) is 21.2 Å². The lowest BCUT2D eigenvalue weighted by atomic mass is 10.1. The molecule has 0 atom stereocenters. The zero-order valence-electron chi connectivity index (χ0n) is 45.2. The predicted molar refractivity (Wildman–Crippen MR) is 299 cm³/mol. The Kier molecular flexibility index (Phi) is 18.7. The highest BCUT2D eigenvalue weighted by molar-refractivity contribution is 6.31. The Morgan fingerprint density at radius 3 is 1.44 bits per heavy atom. The van der Waals surface area contributed by atoms with Crippen LogP contribution in [0.3, 0.4) is 0 Å². The molecular weight excluding hydrogens is 1020 g/mol. The second-order valence-corrected chi connectivity index (χ2v) is 21.1. The van der Waals surface area contributed by atoms with Gasteiger partial charge in [0.1, 0.15) is 28.4 Å². The van der Waals surface area contributed by atoms with Gasteiger partial charge in [-0.15, -0.1) is 0 Å². The lowest BCUT2D eigenvalue weighted by Gasteiger charge is -2.20. The lowest BCUT2D eigenvalue weighted by molar-refractivity contribution is 0.0624. The summed E-state index contributed by atoms with van der Waals surface area (Å²) >= 11 is 12.0. The van der Waals surface area contributed by atoms with Crippen LogP contribution in [-0.4, -0.2) is 79.9 Å². The van der Waals surface area contributed by atoms with Gasteiger partial charge in [-0.25, -0.2) is 24.4 Å². The normalized spacial score (nSPS) is 11.3. The van der Waals surface area contributed by atoms with Crippen molar-refractivity contribution in [3.63, 3.8) is 0 Å². The van der Waals surface area contributed by atoms with Crippen molar-refractivity contribution >= 4 is 80.7 Å². The van der Waals surface area contributed by atoms with E-state index in [1.807, 2.05) is 104 Å². The number of ether oxygens (including phenoxy) is 2. The molecule has 6 N–H and O–H groups in total. The van der Waals surface area contributed by atoms with Crippen molar-refractivity contribution in [3.8, 4) is 0 Å². The predicted octanol–water partition coefficient (Wildman–Crippen LogP) is 11.4. The van der Waals surface area contributed by atoms with Crippen LogP contribution in [0.2, 0.25) is 10.0 Å². The summed E-state index contributed by atoms with van der Waals surface area (Å²) in [7, 11) is 0. The molecule has 3 amide bonds. The maximum Gasteiger partial charge on any atom is 0.413 e. The van der Waals surface area contributed by atoms with Crippen LogP contribution < -0.4 is 21.7 Å². The van der Waals surface area contributed by atoms with Crippen molar-refractivity contribution in [3.05, 3.63) is 163 Å². The van der Waals surface area contributed by atoms with Gasteiger partial charge >= 0.3 is 18.2 Å². The summed E-state index contributed by atoms with van der Waals surface area (Å²) in [5.74, 6) is -0.309. The highest BCUT2D eigenvalue weighted by atomic mass is 35.5. The zero-order valence-corrected chi connectivity index (χ0v) is 46.7. The van der Waals surface area contributed by atoms with Gasteiger partial charge in [0.15, 0.2) is 0 Å². The molecule has 8 rings (SSSR count). The average molecular weight is 1090 g/mol. The van der Waals surface area contributed by atoms with E-state index in [4.69, 9.17) is 43.5 Å². The van der Waals surface area contributed by atoms with Gasteiger partial charge in [-0.1, -0.05) is 35.3 Å². The number of aromatic carboxylic acids is 1. The van der Waals surface area contributed by atoms with E-state index in [-0.39, 0.29) is 11.5 Å². The third kappa shape index (κ3) is 16.7. The number of nitrogens with zero attached hydrogens (tertiary/aromatic N) is 8. The molecule has 0 fully saturated rings. The van der Waals surface area contributed by atoms with E-state index < -0.39 is 29.4 Å². The molecule has 6 aromatic heterocycles. The fraction of sp³-hybridized carbons (Fsp3) is 0.321. The summed E-state index contributed by atoms with van der Waals surface area (Å²) in [6, 6.07) is 19.1. The Morgan fingerprint density at radius 1 is 0.610 bits per heavy atom. The highest BCUT2D eigenvalue weighted by Gasteiger charge is 2.20. The summed E-state index contributed by atoms with van der Waals surface area (Å²) in [4.78, 5) is 65.0. The van der Waals surface area contributed by atoms with Gasteiger partial charge in [0, 0.05) is 60.0 Å². The molecule has 0 saturated carbocycles. The van der Waals surface area contributed by atoms with Crippen molar-refractivity contribution in [2.75, 3.05) is 10.6 Å². The van der Waals surface area contributed by atoms with Crippen molar-refractivity contribution < 1.29 is 33.8 Å². The summed E-state index contributed by atoms with van der Waals surface area (Å²) < 4.78 is 13.8. The molecule has 6 heterocycles. The second kappa shape index (κ2) is 24.8. The standard InChI is InChI=1S/C28H31ClN6O3.C15H12ClN3O2.C13H21N3O2/c1-16-9-25(33-27(37)38-28(4,5)6)32-17(2)22(16)13-31-26(36)23-15-35(34-18(23)3)14-19-7-8-24-20(10-19)11-21(29)12-30-24;1-9-13(15(20)21)8-19(18-9)7-10-2-3-14-11(4-10)5-12(16)6-17-14;1-8-6-11(15-9(2)10(8)7-14)16-12(17)18-13(3,4)5/h7-12,15H,13-14H2,1-6H3,(H,31,36)(H,32,33,37);2-6,8H,7H2,1H3,(H,20,21);6H,7,14H2,1-5H3,(H,15,16,17). The van der Waals surface area contributed by atoms with E-state index in [1.165, 1.54) is 6.20 Å². The number of rotatable bonds is 11. The minimum atomic E-state index is -0.965. The zero-order chi connectivity index (χ0) is 56.5. The Hall–Kier alpha value is -8.00. The number of nitrogens with two attached hydrogens (primary N) is 1.